The van der Waals surface area contributed by atoms with Crippen molar-refractivity contribution in [3.63, 3.8) is 0 Å². The Hall–Kier alpha value is -1.87. The summed E-state index contributed by atoms with van der Waals surface area (Å²) in [4.78, 5) is 8.49. The summed E-state index contributed by atoms with van der Waals surface area (Å²) in [5.41, 5.74) is 1.88. The molecule has 3 N–H and O–H groups in total. The number of hydrogen-bond donors (Lipinski definition) is 3. The van der Waals surface area contributed by atoms with Crippen LogP contribution in [0.3, 0.4) is 0 Å². The molecule has 0 amide bonds. The molecule has 1 aromatic heterocycles. The molecule has 0 saturated carbocycles. The summed E-state index contributed by atoms with van der Waals surface area (Å²) in [6, 6.07) is 11.4. The molecule has 2 aromatic rings. The summed E-state index contributed by atoms with van der Waals surface area (Å²) in [5, 5.41) is 16.5. The van der Waals surface area contributed by atoms with E-state index in [1.807, 2.05) is 31.2 Å². The van der Waals surface area contributed by atoms with Gasteiger partial charge in [-0.1, -0.05) is 12.1 Å². The van der Waals surface area contributed by atoms with Gasteiger partial charge in [0.15, 0.2) is 5.96 Å². The largest absolute Gasteiger partial charge is 0.497 e. The van der Waals surface area contributed by atoms with Crippen LogP contribution in [0.15, 0.2) is 53.8 Å². The predicted octanol–water partition coefficient (Wildman–Crippen LogP) is 2.50. The van der Waals surface area contributed by atoms with Gasteiger partial charge in [-0.2, -0.15) is 0 Å². The maximum Gasteiger partial charge on any atom is 0.191 e. The average molecular weight is 456 g/mol. The van der Waals surface area contributed by atoms with Crippen LogP contribution < -0.4 is 15.4 Å². The van der Waals surface area contributed by atoms with E-state index in [1.54, 1.807) is 31.6 Å². The molecular formula is C18H25IN4O2. The van der Waals surface area contributed by atoms with Gasteiger partial charge in [0.25, 0.3) is 0 Å². The SMILES string of the molecule is CCNC(=NCc1cccc(OC)c1)NCC(O)c1ccncc1.I. The van der Waals surface area contributed by atoms with Crippen LogP contribution in [0.25, 0.3) is 0 Å². The first-order valence-corrected chi connectivity index (χ1v) is 7.96. The number of aliphatic imine (C=N–C) groups is 1. The summed E-state index contributed by atoms with van der Waals surface area (Å²) in [6.07, 6.45) is 2.72. The van der Waals surface area contributed by atoms with Crippen molar-refractivity contribution in [3.05, 3.63) is 59.9 Å². The Bertz CT molecular complexity index is 653. The molecule has 25 heavy (non-hydrogen) atoms. The fourth-order valence-electron chi connectivity index (χ4n) is 2.18. The Kier molecular flexibility index (Phi) is 9.86. The molecule has 1 aromatic carbocycles. The third-order valence-electron chi connectivity index (χ3n) is 3.45. The van der Waals surface area contributed by atoms with E-state index < -0.39 is 6.10 Å². The molecule has 0 radical (unpaired) electrons. The van der Waals surface area contributed by atoms with Crippen LogP contribution in [0.5, 0.6) is 5.75 Å². The van der Waals surface area contributed by atoms with Gasteiger partial charge in [-0.3, -0.25) is 4.98 Å². The zero-order valence-corrected chi connectivity index (χ0v) is 16.8. The van der Waals surface area contributed by atoms with Gasteiger partial charge in [0, 0.05) is 25.5 Å². The summed E-state index contributed by atoms with van der Waals surface area (Å²) < 4.78 is 5.22. The van der Waals surface area contributed by atoms with E-state index in [-0.39, 0.29) is 24.0 Å². The van der Waals surface area contributed by atoms with Gasteiger partial charge in [-0.15, -0.1) is 24.0 Å². The van der Waals surface area contributed by atoms with Gasteiger partial charge in [0.2, 0.25) is 0 Å². The quantitative estimate of drug-likeness (QED) is 0.339. The highest BCUT2D eigenvalue weighted by molar-refractivity contribution is 14.0. The number of ether oxygens (including phenoxy) is 1. The van der Waals surface area contributed by atoms with E-state index in [2.05, 4.69) is 20.6 Å². The van der Waals surface area contributed by atoms with Crippen molar-refractivity contribution in [2.75, 3.05) is 20.2 Å². The molecular weight excluding hydrogens is 431 g/mol. The van der Waals surface area contributed by atoms with Crippen LogP contribution >= 0.6 is 24.0 Å². The molecule has 136 valence electrons. The Labute approximate surface area is 165 Å². The minimum Gasteiger partial charge on any atom is -0.497 e. The number of methoxy groups -OCH3 is 1. The third-order valence-corrected chi connectivity index (χ3v) is 3.45. The Balaban J connectivity index is 0.00000312. The standard InChI is InChI=1S/C18H24N4O2.HI/c1-3-20-18(21-12-14-5-4-6-16(11-14)24-2)22-13-17(23)15-7-9-19-10-8-15;/h4-11,17,23H,3,12-13H2,1-2H3,(H2,20,21,22);1H. The van der Waals surface area contributed by atoms with Crippen molar-refractivity contribution >= 4 is 29.9 Å². The van der Waals surface area contributed by atoms with E-state index >= 15 is 0 Å². The third kappa shape index (κ3) is 7.27. The number of aromatic nitrogens is 1. The summed E-state index contributed by atoms with van der Waals surface area (Å²) in [7, 11) is 1.65. The molecule has 0 aliphatic heterocycles. The van der Waals surface area contributed by atoms with E-state index in [0.29, 0.717) is 19.0 Å². The molecule has 1 heterocycles. The second-order valence-corrected chi connectivity index (χ2v) is 5.22. The first-order valence-electron chi connectivity index (χ1n) is 7.96. The number of aliphatic hydroxyl groups is 1. The maximum atomic E-state index is 10.2. The van der Waals surface area contributed by atoms with E-state index in [4.69, 9.17) is 4.74 Å². The monoisotopic (exact) mass is 456 g/mol. The van der Waals surface area contributed by atoms with Gasteiger partial charge in [-0.05, 0) is 42.3 Å². The number of benzene rings is 1. The highest BCUT2D eigenvalue weighted by atomic mass is 127. The molecule has 1 atom stereocenters. The first-order chi connectivity index (χ1) is 11.7. The normalized spacial score (nSPS) is 12.0. The number of nitrogens with one attached hydrogen (secondary N) is 2. The molecule has 6 nitrogen and oxygen atoms in total. The molecule has 0 aliphatic rings. The average Bonchev–Trinajstić information content (AvgIpc) is 2.64. The van der Waals surface area contributed by atoms with Crippen LogP contribution in [0, 0.1) is 0 Å². The molecule has 0 spiro atoms. The molecule has 0 fully saturated rings. The van der Waals surface area contributed by atoms with Crippen molar-refractivity contribution in [1.82, 2.24) is 15.6 Å². The van der Waals surface area contributed by atoms with Crippen molar-refractivity contribution in [1.29, 1.82) is 0 Å². The maximum absolute atomic E-state index is 10.2. The van der Waals surface area contributed by atoms with E-state index in [0.717, 1.165) is 23.4 Å². The van der Waals surface area contributed by atoms with Crippen LogP contribution in [0.4, 0.5) is 0 Å². The lowest BCUT2D eigenvalue weighted by Crippen LogP contribution is -2.39. The van der Waals surface area contributed by atoms with Gasteiger partial charge < -0.3 is 20.5 Å². The fraction of sp³-hybridized carbons (Fsp3) is 0.333. The Morgan fingerprint density at radius 3 is 2.68 bits per heavy atom. The highest BCUT2D eigenvalue weighted by Crippen LogP contribution is 2.13. The number of pyridine rings is 1. The topological polar surface area (TPSA) is 78.8 Å². The van der Waals surface area contributed by atoms with Gasteiger partial charge >= 0.3 is 0 Å². The predicted molar refractivity (Wildman–Crippen MR) is 110 cm³/mol. The lowest BCUT2D eigenvalue weighted by Gasteiger charge is -2.15. The fourth-order valence-corrected chi connectivity index (χ4v) is 2.18. The second kappa shape index (κ2) is 11.6. The summed E-state index contributed by atoms with van der Waals surface area (Å²) >= 11 is 0. The van der Waals surface area contributed by atoms with E-state index in [9.17, 15) is 5.11 Å². The zero-order chi connectivity index (χ0) is 17.2. The molecule has 0 saturated heterocycles. The van der Waals surface area contributed by atoms with Crippen molar-refractivity contribution < 1.29 is 9.84 Å². The van der Waals surface area contributed by atoms with E-state index in [1.165, 1.54) is 0 Å². The van der Waals surface area contributed by atoms with Crippen molar-refractivity contribution in [3.8, 4) is 5.75 Å². The number of hydrogen-bond acceptors (Lipinski definition) is 4. The first kappa shape index (κ1) is 21.2. The van der Waals surface area contributed by atoms with Crippen LogP contribution in [-0.4, -0.2) is 36.2 Å². The summed E-state index contributed by atoms with van der Waals surface area (Å²) in [6.45, 7) is 3.64. The molecule has 1 unspecified atom stereocenters. The van der Waals surface area contributed by atoms with Crippen molar-refractivity contribution in [2.24, 2.45) is 4.99 Å². The number of halogens is 1. The molecule has 0 aliphatic carbocycles. The zero-order valence-electron chi connectivity index (χ0n) is 14.5. The van der Waals surface area contributed by atoms with Gasteiger partial charge in [0.1, 0.15) is 5.75 Å². The highest BCUT2D eigenvalue weighted by Gasteiger charge is 2.08. The number of rotatable bonds is 7. The minimum atomic E-state index is -0.617. The Morgan fingerprint density at radius 2 is 2.00 bits per heavy atom. The van der Waals surface area contributed by atoms with Gasteiger partial charge in [-0.25, -0.2) is 4.99 Å². The molecule has 2 rings (SSSR count). The number of aliphatic hydroxyl groups excluding tert-OH is 1. The summed E-state index contributed by atoms with van der Waals surface area (Å²) in [5.74, 6) is 1.47. The minimum absolute atomic E-state index is 0. The Morgan fingerprint density at radius 1 is 1.24 bits per heavy atom. The molecule has 7 heteroatoms. The molecule has 0 bridgehead atoms. The van der Waals surface area contributed by atoms with Crippen LogP contribution in [0.2, 0.25) is 0 Å². The smallest absolute Gasteiger partial charge is 0.191 e. The second-order valence-electron chi connectivity index (χ2n) is 5.22. The van der Waals surface area contributed by atoms with Crippen LogP contribution in [0.1, 0.15) is 24.2 Å². The lowest BCUT2D eigenvalue weighted by atomic mass is 10.1. The number of nitrogens with zero attached hydrogens (tertiary/aromatic N) is 2. The van der Waals surface area contributed by atoms with Crippen LogP contribution in [-0.2, 0) is 6.54 Å². The van der Waals surface area contributed by atoms with Crippen molar-refractivity contribution in [2.45, 2.75) is 19.6 Å². The lowest BCUT2D eigenvalue weighted by molar-refractivity contribution is 0.180. The number of guanidine groups is 1. The van der Waals surface area contributed by atoms with Gasteiger partial charge in [0.05, 0.1) is 19.8 Å².